The molecule has 2 heterocycles. The van der Waals surface area contributed by atoms with Crippen molar-refractivity contribution in [1.82, 2.24) is 14.7 Å². The van der Waals surface area contributed by atoms with Gasteiger partial charge in [0.05, 0.1) is 13.2 Å². The Labute approximate surface area is 142 Å². The lowest BCUT2D eigenvalue weighted by Crippen LogP contribution is -2.48. The molecule has 1 unspecified atom stereocenters. The van der Waals surface area contributed by atoms with Crippen molar-refractivity contribution in [2.75, 3.05) is 39.3 Å². The van der Waals surface area contributed by atoms with E-state index in [4.69, 9.17) is 4.74 Å². The number of carbonyl (C=O) groups excluding carboxylic acids is 1. The number of ether oxygens (including phenoxy) is 1. The first-order chi connectivity index (χ1) is 11.6. The van der Waals surface area contributed by atoms with Crippen molar-refractivity contribution in [3.63, 3.8) is 0 Å². The third kappa shape index (κ3) is 3.34. The summed E-state index contributed by atoms with van der Waals surface area (Å²) >= 11 is 0. The molecule has 0 aliphatic carbocycles. The Bertz CT molecular complexity index is 711. The van der Waals surface area contributed by atoms with E-state index in [1.165, 1.54) is 5.56 Å². The van der Waals surface area contributed by atoms with Gasteiger partial charge in [0.25, 0.3) is 5.91 Å². The zero-order valence-corrected chi connectivity index (χ0v) is 14.5. The van der Waals surface area contributed by atoms with Crippen LogP contribution in [0.2, 0.25) is 0 Å². The molecule has 6 nitrogen and oxygen atoms in total. The van der Waals surface area contributed by atoms with Gasteiger partial charge in [-0.3, -0.25) is 9.48 Å². The molecule has 0 saturated carbocycles. The maximum absolute atomic E-state index is 13.0. The SMILES string of the molecule is COCCn1ccc(C(=O)N2CC(N(C)C)Cc3ccccc32)n1. The van der Waals surface area contributed by atoms with Gasteiger partial charge in [-0.25, -0.2) is 0 Å². The Hall–Kier alpha value is -2.18. The number of carbonyl (C=O) groups is 1. The molecule has 1 aliphatic heterocycles. The second-order valence-corrected chi connectivity index (χ2v) is 6.32. The number of rotatable bonds is 5. The van der Waals surface area contributed by atoms with Crippen LogP contribution in [0.1, 0.15) is 16.1 Å². The molecule has 24 heavy (non-hydrogen) atoms. The van der Waals surface area contributed by atoms with Gasteiger partial charge in [0, 0.05) is 31.6 Å². The van der Waals surface area contributed by atoms with Crippen molar-refractivity contribution in [3.8, 4) is 0 Å². The average molecular weight is 328 g/mol. The van der Waals surface area contributed by atoms with E-state index in [1.54, 1.807) is 17.9 Å². The van der Waals surface area contributed by atoms with Crippen molar-refractivity contribution >= 4 is 11.6 Å². The Kier molecular flexibility index (Phi) is 4.97. The molecule has 1 amide bonds. The number of amides is 1. The molecule has 0 fully saturated rings. The number of para-hydroxylation sites is 1. The highest BCUT2D eigenvalue weighted by molar-refractivity contribution is 6.05. The van der Waals surface area contributed by atoms with Crippen LogP contribution in [0, 0.1) is 0 Å². The van der Waals surface area contributed by atoms with Crippen LogP contribution in [-0.4, -0.2) is 61.0 Å². The number of methoxy groups -OCH3 is 1. The first kappa shape index (κ1) is 16.7. The molecule has 1 aliphatic rings. The van der Waals surface area contributed by atoms with E-state index >= 15 is 0 Å². The minimum Gasteiger partial charge on any atom is -0.383 e. The highest BCUT2D eigenvalue weighted by Gasteiger charge is 2.30. The van der Waals surface area contributed by atoms with Crippen LogP contribution >= 0.6 is 0 Å². The normalized spacial score (nSPS) is 17.2. The predicted octanol–water partition coefficient (Wildman–Crippen LogP) is 1.66. The first-order valence-corrected chi connectivity index (χ1v) is 8.18. The summed E-state index contributed by atoms with van der Waals surface area (Å²) in [6.45, 7) is 1.89. The van der Waals surface area contributed by atoms with Crippen LogP contribution in [0.25, 0.3) is 0 Å². The molecule has 0 saturated heterocycles. The number of anilines is 1. The lowest BCUT2D eigenvalue weighted by atomic mass is 9.97. The smallest absolute Gasteiger partial charge is 0.278 e. The van der Waals surface area contributed by atoms with E-state index in [-0.39, 0.29) is 5.91 Å². The summed E-state index contributed by atoms with van der Waals surface area (Å²) in [6.07, 6.45) is 2.78. The Morgan fingerprint density at radius 1 is 1.33 bits per heavy atom. The summed E-state index contributed by atoms with van der Waals surface area (Å²) in [6, 6.07) is 10.2. The largest absolute Gasteiger partial charge is 0.383 e. The van der Waals surface area contributed by atoms with Crippen LogP contribution in [0.3, 0.4) is 0 Å². The van der Waals surface area contributed by atoms with Crippen molar-refractivity contribution in [2.45, 2.75) is 19.0 Å². The van der Waals surface area contributed by atoms with Crippen molar-refractivity contribution in [3.05, 3.63) is 47.8 Å². The molecular formula is C18H24N4O2. The Balaban J connectivity index is 1.86. The van der Waals surface area contributed by atoms with Crippen molar-refractivity contribution in [2.24, 2.45) is 0 Å². The fourth-order valence-corrected chi connectivity index (χ4v) is 3.04. The Morgan fingerprint density at radius 3 is 2.88 bits per heavy atom. The van der Waals surface area contributed by atoms with Gasteiger partial charge in [0.1, 0.15) is 0 Å². The number of fused-ring (bicyclic) bond motifs is 1. The van der Waals surface area contributed by atoms with Crippen LogP contribution in [0.4, 0.5) is 5.69 Å². The fraction of sp³-hybridized carbons (Fsp3) is 0.444. The number of hydrogen-bond donors (Lipinski definition) is 0. The maximum atomic E-state index is 13.0. The summed E-state index contributed by atoms with van der Waals surface area (Å²) in [7, 11) is 5.77. The molecule has 0 bridgehead atoms. The second-order valence-electron chi connectivity index (χ2n) is 6.32. The lowest BCUT2D eigenvalue weighted by molar-refractivity contribution is 0.0969. The van der Waals surface area contributed by atoms with E-state index in [9.17, 15) is 4.79 Å². The molecule has 128 valence electrons. The minimum atomic E-state index is -0.0508. The number of likely N-dealkylation sites (N-methyl/N-ethyl adjacent to an activating group) is 1. The molecule has 0 spiro atoms. The van der Waals surface area contributed by atoms with E-state index in [1.807, 2.05) is 29.3 Å². The third-order valence-electron chi connectivity index (χ3n) is 4.49. The molecule has 2 aromatic rings. The summed E-state index contributed by atoms with van der Waals surface area (Å²) in [4.78, 5) is 17.0. The summed E-state index contributed by atoms with van der Waals surface area (Å²) in [5.41, 5.74) is 2.67. The second kappa shape index (κ2) is 7.15. The fourth-order valence-electron chi connectivity index (χ4n) is 3.04. The van der Waals surface area contributed by atoms with Gasteiger partial charge in [-0.1, -0.05) is 18.2 Å². The summed E-state index contributed by atoms with van der Waals surface area (Å²) in [5.74, 6) is -0.0508. The van der Waals surface area contributed by atoms with Crippen LogP contribution in [0.5, 0.6) is 0 Å². The van der Waals surface area contributed by atoms with Gasteiger partial charge in [0.2, 0.25) is 0 Å². The number of nitrogens with zero attached hydrogens (tertiary/aromatic N) is 4. The topological polar surface area (TPSA) is 50.6 Å². The third-order valence-corrected chi connectivity index (χ3v) is 4.49. The number of aromatic nitrogens is 2. The molecular weight excluding hydrogens is 304 g/mol. The zero-order valence-electron chi connectivity index (χ0n) is 14.5. The quantitative estimate of drug-likeness (QED) is 0.838. The lowest BCUT2D eigenvalue weighted by Gasteiger charge is -2.37. The predicted molar refractivity (Wildman–Crippen MR) is 93.4 cm³/mol. The van der Waals surface area contributed by atoms with Gasteiger partial charge in [-0.2, -0.15) is 5.10 Å². The molecule has 1 aromatic heterocycles. The van der Waals surface area contributed by atoms with Gasteiger partial charge in [-0.15, -0.1) is 0 Å². The highest BCUT2D eigenvalue weighted by Crippen LogP contribution is 2.29. The van der Waals surface area contributed by atoms with Crippen LogP contribution in [0.15, 0.2) is 36.5 Å². The molecule has 1 aromatic carbocycles. The number of benzene rings is 1. The van der Waals surface area contributed by atoms with Crippen molar-refractivity contribution < 1.29 is 9.53 Å². The summed E-state index contributed by atoms with van der Waals surface area (Å²) < 4.78 is 6.80. The van der Waals surface area contributed by atoms with E-state index in [2.05, 4.69) is 30.2 Å². The van der Waals surface area contributed by atoms with E-state index in [0.29, 0.717) is 31.4 Å². The van der Waals surface area contributed by atoms with Gasteiger partial charge < -0.3 is 14.5 Å². The maximum Gasteiger partial charge on any atom is 0.278 e. The van der Waals surface area contributed by atoms with Gasteiger partial charge in [0.15, 0.2) is 5.69 Å². The van der Waals surface area contributed by atoms with E-state index < -0.39 is 0 Å². The average Bonchev–Trinajstić information content (AvgIpc) is 3.07. The van der Waals surface area contributed by atoms with Gasteiger partial charge >= 0.3 is 0 Å². The molecule has 1 atom stereocenters. The zero-order chi connectivity index (χ0) is 17.1. The van der Waals surface area contributed by atoms with Crippen molar-refractivity contribution in [1.29, 1.82) is 0 Å². The first-order valence-electron chi connectivity index (χ1n) is 8.18. The van der Waals surface area contributed by atoms with Crippen LogP contribution < -0.4 is 4.90 Å². The minimum absolute atomic E-state index is 0.0508. The monoisotopic (exact) mass is 328 g/mol. The standard InChI is InChI=1S/C18H24N4O2/c1-20(2)15-12-14-6-4-5-7-17(14)22(13-15)18(23)16-8-9-21(19-16)10-11-24-3/h4-9,15H,10-13H2,1-3H3. The van der Waals surface area contributed by atoms with Gasteiger partial charge in [-0.05, 0) is 38.2 Å². The number of hydrogen-bond acceptors (Lipinski definition) is 4. The molecule has 0 radical (unpaired) electrons. The Morgan fingerprint density at radius 2 is 2.12 bits per heavy atom. The molecule has 6 heteroatoms. The van der Waals surface area contributed by atoms with Crippen LogP contribution in [-0.2, 0) is 17.7 Å². The molecule has 0 N–H and O–H groups in total. The molecule has 3 rings (SSSR count). The highest BCUT2D eigenvalue weighted by atomic mass is 16.5. The summed E-state index contributed by atoms with van der Waals surface area (Å²) in [5, 5.41) is 4.40. The van der Waals surface area contributed by atoms with E-state index in [0.717, 1.165) is 12.1 Å².